The molecule has 3 rings (SSSR count). The Morgan fingerprint density at radius 1 is 1.36 bits per heavy atom. The summed E-state index contributed by atoms with van der Waals surface area (Å²) >= 11 is 0. The first-order valence-corrected chi connectivity index (χ1v) is 9.63. The van der Waals surface area contributed by atoms with Gasteiger partial charge in [0.05, 0.1) is 0 Å². The van der Waals surface area contributed by atoms with Crippen molar-refractivity contribution in [1.82, 2.24) is 25.1 Å². The van der Waals surface area contributed by atoms with Crippen molar-refractivity contribution >= 4 is 23.7 Å². The van der Waals surface area contributed by atoms with Gasteiger partial charge in [0, 0.05) is 44.0 Å². The van der Waals surface area contributed by atoms with Gasteiger partial charge in [-0.25, -0.2) is 9.78 Å². The number of carbonyl (C=O) groups is 1. The van der Waals surface area contributed by atoms with Crippen LogP contribution in [-0.2, 0) is 4.74 Å². The molecule has 2 aromatic rings. The molecule has 28 heavy (non-hydrogen) atoms. The Balaban J connectivity index is 1.42. The second kappa shape index (κ2) is 8.45. The number of amides is 1. The highest BCUT2D eigenvalue weighted by atomic mass is 16.6. The van der Waals surface area contributed by atoms with Crippen molar-refractivity contribution in [3.05, 3.63) is 24.0 Å². The normalized spacial score (nSPS) is 13.9. The summed E-state index contributed by atoms with van der Waals surface area (Å²) in [6.45, 7) is 6.79. The number of carbonyl (C=O) groups excluding carboxylic acids is 1. The molecule has 1 amide bonds. The molecular weight excluding hydrogens is 358 g/mol. The number of ether oxygens (including phenoxy) is 1. The molecule has 0 bridgehead atoms. The van der Waals surface area contributed by atoms with Gasteiger partial charge in [0.1, 0.15) is 11.4 Å². The molecule has 0 atom stereocenters. The van der Waals surface area contributed by atoms with Crippen LogP contribution in [0.2, 0.25) is 0 Å². The second-order valence-electron chi connectivity index (χ2n) is 8.06. The molecule has 152 valence electrons. The third-order valence-corrected chi connectivity index (χ3v) is 4.19. The molecule has 0 radical (unpaired) electrons. The van der Waals surface area contributed by atoms with Crippen LogP contribution in [0, 0.1) is 0 Å². The Bertz CT molecular complexity index is 796. The van der Waals surface area contributed by atoms with Gasteiger partial charge in [0.15, 0.2) is 5.82 Å². The molecule has 1 fully saturated rings. The molecular formula is C19H29N7O2. The van der Waals surface area contributed by atoms with Crippen molar-refractivity contribution in [3.63, 3.8) is 0 Å². The van der Waals surface area contributed by atoms with E-state index in [1.165, 1.54) is 18.5 Å². The van der Waals surface area contributed by atoms with Gasteiger partial charge >= 0.3 is 6.09 Å². The first-order chi connectivity index (χ1) is 13.3. The van der Waals surface area contributed by atoms with Gasteiger partial charge in [-0.15, -0.1) is 0 Å². The number of rotatable bonds is 8. The molecule has 0 aliphatic heterocycles. The quantitative estimate of drug-likeness (QED) is 0.595. The van der Waals surface area contributed by atoms with Crippen molar-refractivity contribution in [2.75, 3.05) is 30.8 Å². The first-order valence-electron chi connectivity index (χ1n) is 9.63. The van der Waals surface area contributed by atoms with Gasteiger partial charge in [0.25, 0.3) is 0 Å². The molecule has 9 nitrogen and oxygen atoms in total. The van der Waals surface area contributed by atoms with Gasteiger partial charge in [-0.2, -0.15) is 10.1 Å². The zero-order valence-corrected chi connectivity index (χ0v) is 17.0. The molecule has 9 heteroatoms. The van der Waals surface area contributed by atoms with Crippen molar-refractivity contribution < 1.29 is 9.53 Å². The average Bonchev–Trinajstić information content (AvgIpc) is 3.37. The third kappa shape index (κ3) is 6.11. The third-order valence-electron chi connectivity index (χ3n) is 4.19. The smallest absolute Gasteiger partial charge is 0.410 e. The van der Waals surface area contributed by atoms with E-state index in [0.717, 1.165) is 12.2 Å². The molecule has 2 aromatic heterocycles. The van der Waals surface area contributed by atoms with Gasteiger partial charge in [0.2, 0.25) is 5.95 Å². The van der Waals surface area contributed by atoms with Crippen LogP contribution < -0.4 is 10.6 Å². The predicted molar refractivity (Wildman–Crippen MR) is 108 cm³/mol. The fourth-order valence-electron chi connectivity index (χ4n) is 2.60. The van der Waals surface area contributed by atoms with Crippen LogP contribution >= 0.6 is 0 Å². The maximum atomic E-state index is 11.9. The van der Waals surface area contributed by atoms with Crippen molar-refractivity contribution in [2.24, 2.45) is 0 Å². The summed E-state index contributed by atoms with van der Waals surface area (Å²) in [6, 6.07) is 3.83. The van der Waals surface area contributed by atoms with Crippen LogP contribution in [0.25, 0.3) is 0 Å². The summed E-state index contributed by atoms with van der Waals surface area (Å²) in [7, 11) is 1.73. The van der Waals surface area contributed by atoms with Crippen molar-refractivity contribution in [3.8, 4) is 0 Å². The molecule has 2 heterocycles. The van der Waals surface area contributed by atoms with Gasteiger partial charge < -0.3 is 20.3 Å². The summed E-state index contributed by atoms with van der Waals surface area (Å²) in [5, 5.41) is 13.7. The maximum Gasteiger partial charge on any atom is 0.410 e. The number of aromatic amines is 1. The molecule has 0 spiro atoms. The Hall–Kier alpha value is -2.84. The molecule has 0 saturated heterocycles. The lowest BCUT2D eigenvalue weighted by Crippen LogP contribution is -2.35. The molecule has 1 saturated carbocycles. The number of hydrogen-bond donors (Lipinski definition) is 3. The fraction of sp³-hybridized carbons (Fsp3) is 0.579. The number of aromatic nitrogens is 4. The Kier molecular flexibility index (Phi) is 6.01. The molecule has 1 aliphatic rings. The lowest BCUT2D eigenvalue weighted by atomic mass is 10.2. The highest BCUT2D eigenvalue weighted by molar-refractivity contribution is 5.67. The van der Waals surface area contributed by atoms with Crippen LogP contribution in [0.3, 0.4) is 0 Å². The monoisotopic (exact) mass is 387 g/mol. The fourth-order valence-corrected chi connectivity index (χ4v) is 2.60. The van der Waals surface area contributed by atoms with Crippen LogP contribution in [0.4, 0.5) is 22.4 Å². The van der Waals surface area contributed by atoms with Gasteiger partial charge in [-0.3, -0.25) is 5.10 Å². The number of nitrogens with one attached hydrogen (secondary N) is 3. The number of anilines is 3. The van der Waals surface area contributed by atoms with Crippen LogP contribution in [0.5, 0.6) is 0 Å². The van der Waals surface area contributed by atoms with Crippen molar-refractivity contribution in [2.45, 2.75) is 51.6 Å². The minimum absolute atomic E-state index is 0.320. The highest BCUT2D eigenvalue weighted by Crippen LogP contribution is 2.39. The SMILES string of the molecule is CN(CCCNc1nccc(Nc2cc(C3CC3)[nH]n2)n1)C(=O)OC(C)(C)C. The lowest BCUT2D eigenvalue weighted by Gasteiger charge is -2.24. The first kappa shape index (κ1) is 19.9. The Labute approximate surface area is 165 Å². The summed E-state index contributed by atoms with van der Waals surface area (Å²) < 4.78 is 5.33. The highest BCUT2D eigenvalue weighted by Gasteiger charge is 2.25. The van der Waals surface area contributed by atoms with E-state index in [9.17, 15) is 4.79 Å². The minimum Gasteiger partial charge on any atom is -0.444 e. The van der Waals surface area contributed by atoms with Crippen LogP contribution in [0.1, 0.15) is 51.6 Å². The van der Waals surface area contributed by atoms with E-state index in [4.69, 9.17) is 4.74 Å². The summed E-state index contributed by atoms with van der Waals surface area (Å²) in [4.78, 5) is 22.2. The number of hydrogen-bond acceptors (Lipinski definition) is 7. The van der Waals surface area contributed by atoms with E-state index in [-0.39, 0.29) is 6.09 Å². The summed E-state index contributed by atoms with van der Waals surface area (Å²) in [5.74, 6) is 2.59. The van der Waals surface area contributed by atoms with E-state index >= 15 is 0 Å². The minimum atomic E-state index is -0.487. The van der Waals surface area contributed by atoms with E-state index < -0.39 is 5.60 Å². The zero-order chi connectivity index (χ0) is 20.1. The van der Waals surface area contributed by atoms with E-state index in [1.54, 1.807) is 24.2 Å². The van der Waals surface area contributed by atoms with Gasteiger partial charge in [-0.05, 0) is 46.1 Å². The molecule has 1 aliphatic carbocycles. The predicted octanol–water partition coefficient (Wildman–Crippen LogP) is 3.49. The topological polar surface area (TPSA) is 108 Å². The molecule has 0 unspecified atom stereocenters. The number of nitrogens with zero attached hydrogens (tertiary/aromatic N) is 4. The summed E-state index contributed by atoms with van der Waals surface area (Å²) in [6.07, 6.45) is 4.58. The second-order valence-corrected chi connectivity index (χ2v) is 8.06. The van der Waals surface area contributed by atoms with Crippen LogP contribution in [0.15, 0.2) is 18.3 Å². The Morgan fingerprint density at radius 3 is 2.86 bits per heavy atom. The largest absolute Gasteiger partial charge is 0.444 e. The van der Waals surface area contributed by atoms with Gasteiger partial charge in [-0.1, -0.05) is 0 Å². The average molecular weight is 387 g/mol. The van der Waals surface area contributed by atoms with E-state index in [2.05, 4.69) is 30.8 Å². The van der Waals surface area contributed by atoms with Crippen LogP contribution in [-0.4, -0.2) is 56.9 Å². The summed E-state index contributed by atoms with van der Waals surface area (Å²) in [5.41, 5.74) is 0.683. The number of H-pyrrole nitrogens is 1. The molecule has 3 N–H and O–H groups in total. The van der Waals surface area contributed by atoms with E-state index in [1.807, 2.05) is 26.8 Å². The maximum absolute atomic E-state index is 11.9. The zero-order valence-electron chi connectivity index (χ0n) is 17.0. The lowest BCUT2D eigenvalue weighted by molar-refractivity contribution is 0.0298. The molecule has 0 aromatic carbocycles. The standard InChI is InChI=1S/C19H29N7O2/c1-19(2,3)28-18(27)26(4)11-5-9-20-17-21-10-8-15(23-17)22-16-12-14(24-25-16)13-6-7-13/h8,10,12-13H,5-7,9,11H2,1-4H3,(H3,20,21,22,23,24,25). The van der Waals surface area contributed by atoms with E-state index in [0.29, 0.717) is 30.8 Å². The van der Waals surface area contributed by atoms with Crippen molar-refractivity contribution in [1.29, 1.82) is 0 Å². The Morgan fingerprint density at radius 2 is 2.14 bits per heavy atom.